The van der Waals surface area contributed by atoms with Crippen molar-refractivity contribution < 1.29 is 9.53 Å². The van der Waals surface area contributed by atoms with Crippen LogP contribution in [0.4, 0.5) is 0 Å². The SMILES string of the molecule is CCOC(C)C(=O)Cc1c(Cl)c(CC)nn1C. The summed E-state index contributed by atoms with van der Waals surface area (Å²) in [6, 6.07) is 0. The maximum absolute atomic E-state index is 11.9. The lowest BCUT2D eigenvalue weighted by atomic mass is 10.1. The van der Waals surface area contributed by atoms with Crippen LogP contribution in [-0.4, -0.2) is 28.3 Å². The monoisotopic (exact) mass is 258 g/mol. The molecule has 0 N–H and O–H groups in total. The van der Waals surface area contributed by atoms with Crippen LogP contribution in [0.2, 0.25) is 5.02 Å². The first-order chi connectivity index (χ1) is 8.01. The van der Waals surface area contributed by atoms with Gasteiger partial charge in [0.2, 0.25) is 0 Å². The molecule has 0 fully saturated rings. The molecule has 4 nitrogen and oxygen atoms in total. The lowest BCUT2D eigenvalue weighted by molar-refractivity contribution is -0.128. The minimum atomic E-state index is -0.393. The third-order valence-electron chi connectivity index (χ3n) is 2.71. The molecule has 0 aliphatic heterocycles. The predicted octanol–water partition coefficient (Wildman–Crippen LogP) is 2.17. The highest BCUT2D eigenvalue weighted by Crippen LogP contribution is 2.21. The molecule has 0 saturated carbocycles. The Kier molecular flexibility index (Phi) is 5.15. The molecule has 0 bridgehead atoms. The van der Waals surface area contributed by atoms with Crippen LogP contribution in [0.25, 0.3) is 0 Å². The summed E-state index contributed by atoms with van der Waals surface area (Å²) in [6.07, 6.45) is 0.641. The highest BCUT2D eigenvalue weighted by molar-refractivity contribution is 6.32. The van der Waals surface area contributed by atoms with Crippen molar-refractivity contribution in [1.29, 1.82) is 0 Å². The Labute approximate surface area is 107 Å². The van der Waals surface area contributed by atoms with Gasteiger partial charge in [0.1, 0.15) is 6.10 Å². The summed E-state index contributed by atoms with van der Waals surface area (Å²) in [6.45, 7) is 6.15. The largest absolute Gasteiger partial charge is 0.371 e. The number of Topliss-reactive ketones (excluding diaryl/α,β-unsaturated/α-hetero) is 1. The molecule has 1 rings (SSSR count). The van der Waals surface area contributed by atoms with Crippen molar-refractivity contribution in [3.8, 4) is 0 Å². The molecule has 1 atom stereocenters. The van der Waals surface area contributed by atoms with Crippen LogP contribution in [0.3, 0.4) is 0 Å². The van der Waals surface area contributed by atoms with Gasteiger partial charge in [0.25, 0.3) is 0 Å². The number of carbonyl (C=O) groups is 1. The smallest absolute Gasteiger partial charge is 0.167 e. The molecule has 5 heteroatoms. The van der Waals surface area contributed by atoms with Gasteiger partial charge in [-0.15, -0.1) is 0 Å². The average Bonchev–Trinajstić information content (AvgIpc) is 2.56. The van der Waals surface area contributed by atoms with E-state index in [1.807, 2.05) is 13.8 Å². The van der Waals surface area contributed by atoms with E-state index in [1.54, 1.807) is 18.7 Å². The van der Waals surface area contributed by atoms with Crippen LogP contribution in [0.15, 0.2) is 0 Å². The quantitative estimate of drug-likeness (QED) is 0.786. The standard InChI is InChI=1S/C12H19ClN2O2/c1-5-9-12(13)10(15(4)14-9)7-11(16)8(3)17-6-2/h8H,5-7H2,1-4H3. The molecule has 1 aromatic rings. The molecule has 17 heavy (non-hydrogen) atoms. The van der Waals surface area contributed by atoms with E-state index in [9.17, 15) is 4.79 Å². The van der Waals surface area contributed by atoms with Gasteiger partial charge >= 0.3 is 0 Å². The zero-order chi connectivity index (χ0) is 13.0. The lowest BCUT2D eigenvalue weighted by Crippen LogP contribution is -2.23. The highest BCUT2D eigenvalue weighted by Gasteiger charge is 2.19. The van der Waals surface area contributed by atoms with E-state index in [-0.39, 0.29) is 12.2 Å². The van der Waals surface area contributed by atoms with Crippen LogP contribution in [-0.2, 0) is 29.4 Å². The number of rotatable bonds is 6. The molecule has 0 aliphatic carbocycles. The van der Waals surface area contributed by atoms with Gasteiger partial charge in [0.05, 0.1) is 22.8 Å². The summed E-state index contributed by atoms with van der Waals surface area (Å²) in [4.78, 5) is 11.9. The van der Waals surface area contributed by atoms with Crippen molar-refractivity contribution in [2.45, 2.75) is 39.7 Å². The number of carbonyl (C=O) groups excluding carboxylic acids is 1. The van der Waals surface area contributed by atoms with Gasteiger partial charge in [-0.25, -0.2) is 0 Å². The van der Waals surface area contributed by atoms with E-state index in [0.29, 0.717) is 11.6 Å². The number of ketones is 1. The second-order valence-electron chi connectivity index (χ2n) is 3.93. The topological polar surface area (TPSA) is 44.1 Å². The summed E-state index contributed by atoms with van der Waals surface area (Å²) in [7, 11) is 1.80. The highest BCUT2D eigenvalue weighted by atomic mass is 35.5. The fraction of sp³-hybridized carbons (Fsp3) is 0.667. The van der Waals surface area contributed by atoms with E-state index in [4.69, 9.17) is 16.3 Å². The molecule has 0 saturated heterocycles. The van der Waals surface area contributed by atoms with Crippen molar-refractivity contribution in [2.75, 3.05) is 6.61 Å². The summed E-state index contributed by atoms with van der Waals surface area (Å²) in [5.74, 6) is 0.0272. The fourth-order valence-electron chi connectivity index (χ4n) is 1.66. The predicted molar refractivity (Wildman–Crippen MR) is 67.4 cm³/mol. The Bertz CT molecular complexity index is 401. The molecular formula is C12H19ClN2O2. The molecule has 0 radical (unpaired) electrons. The normalized spacial score (nSPS) is 12.8. The molecule has 96 valence electrons. The second kappa shape index (κ2) is 6.17. The van der Waals surface area contributed by atoms with Gasteiger partial charge < -0.3 is 4.74 Å². The molecule has 0 amide bonds. The molecule has 1 heterocycles. The molecule has 1 unspecified atom stereocenters. The summed E-state index contributed by atoms with van der Waals surface area (Å²) >= 11 is 6.18. The zero-order valence-electron chi connectivity index (χ0n) is 10.8. The second-order valence-corrected chi connectivity index (χ2v) is 4.30. The maximum Gasteiger partial charge on any atom is 0.167 e. The Balaban J connectivity index is 2.81. The van der Waals surface area contributed by atoms with E-state index in [2.05, 4.69) is 5.10 Å². The Morgan fingerprint density at radius 2 is 2.18 bits per heavy atom. The van der Waals surface area contributed by atoms with Crippen molar-refractivity contribution >= 4 is 17.4 Å². The third-order valence-corrected chi connectivity index (χ3v) is 3.15. The van der Waals surface area contributed by atoms with Crippen LogP contribution in [0, 0.1) is 0 Å². The number of aryl methyl sites for hydroxylation is 2. The van der Waals surface area contributed by atoms with Crippen LogP contribution in [0.1, 0.15) is 32.2 Å². The van der Waals surface area contributed by atoms with Crippen molar-refractivity contribution in [1.82, 2.24) is 9.78 Å². The van der Waals surface area contributed by atoms with Crippen LogP contribution >= 0.6 is 11.6 Å². The summed E-state index contributed by atoms with van der Waals surface area (Å²) in [5.41, 5.74) is 1.60. The first-order valence-electron chi connectivity index (χ1n) is 5.85. The Hall–Kier alpha value is -0.870. The van der Waals surface area contributed by atoms with Gasteiger partial charge in [-0.2, -0.15) is 5.10 Å². The van der Waals surface area contributed by atoms with Crippen molar-refractivity contribution in [2.24, 2.45) is 7.05 Å². The molecule has 0 aromatic carbocycles. The number of hydrogen-bond donors (Lipinski definition) is 0. The molecule has 0 spiro atoms. The number of halogens is 1. The first kappa shape index (κ1) is 14.2. The van der Waals surface area contributed by atoms with Gasteiger partial charge in [-0.3, -0.25) is 9.48 Å². The van der Waals surface area contributed by atoms with Crippen LogP contribution in [0.5, 0.6) is 0 Å². The van der Waals surface area contributed by atoms with Crippen LogP contribution < -0.4 is 0 Å². The zero-order valence-corrected chi connectivity index (χ0v) is 11.5. The van der Waals surface area contributed by atoms with Crippen molar-refractivity contribution in [3.05, 3.63) is 16.4 Å². The summed E-state index contributed by atoms with van der Waals surface area (Å²) in [5, 5.41) is 4.88. The minimum absolute atomic E-state index is 0.0272. The number of ether oxygens (including phenoxy) is 1. The number of nitrogens with zero attached hydrogens (tertiary/aromatic N) is 2. The molecule has 1 aromatic heterocycles. The molecule has 0 aliphatic rings. The van der Waals surface area contributed by atoms with E-state index in [0.717, 1.165) is 17.8 Å². The lowest BCUT2D eigenvalue weighted by Gasteiger charge is -2.10. The summed E-state index contributed by atoms with van der Waals surface area (Å²) < 4.78 is 6.94. The van der Waals surface area contributed by atoms with Gasteiger partial charge in [-0.1, -0.05) is 18.5 Å². The minimum Gasteiger partial charge on any atom is -0.371 e. The van der Waals surface area contributed by atoms with E-state index >= 15 is 0 Å². The van der Waals surface area contributed by atoms with E-state index in [1.165, 1.54) is 0 Å². The number of aromatic nitrogens is 2. The Morgan fingerprint density at radius 1 is 1.53 bits per heavy atom. The fourth-order valence-corrected chi connectivity index (χ4v) is 2.02. The number of hydrogen-bond acceptors (Lipinski definition) is 3. The first-order valence-corrected chi connectivity index (χ1v) is 6.23. The third kappa shape index (κ3) is 3.30. The maximum atomic E-state index is 11.9. The van der Waals surface area contributed by atoms with Crippen molar-refractivity contribution in [3.63, 3.8) is 0 Å². The van der Waals surface area contributed by atoms with Gasteiger partial charge in [0.15, 0.2) is 5.78 Å². The Morgan fingerprint density at radius 3 is 2.65 bits per heavy atom. The average molecular weight is 259 g/mol. The molecular weight excluding hydrogens is 240 g/mol. The van der Waals surface area contributed by atoms with Gasteiger partial charge in [-0.05, 0) is 20.3 Å². The van der Waals surface area contributed by atoms with Gasteiger partial charge in [0, 0.05) is 13.7 Å². The van der Waals surface area contributed by atoms with E-state index < -0.39 is 6.10 Å².